The summed E-state index contributed by atoms with van der Waals surface area (Å²) in [6.07, 6.45) is 3.61. The van der Waals surface area contributed by atoms with Gasteiger partial charge in [0.25, 0.3) is 5.56 Å². The summed E-state index contributed by atoms with van der Waals surface area (Å²) in [5.41, 5.74) is 1.47. The van der Waals surface area contributed by atoms with Gasteiger partial charge in [-0.15, -0.1) is 0 Å². The quantitative estimate of drug-likeness (QED) is 0.644. The van der Waals surface area contributed by atoms with Crippen LogP contribution in [0.25, 0.3) is 5.65 Å². The average molecular weight is 382 g/mol. The van der Waals surface area contributed by atoms with Gasteiger partial charge in [-0.05, 0) is 25.5 Å². The molecule has 1 atom stereocenters. The van der Waals surface area contributed by atoms with Crippen LogP contribution in [-0.2, 0) is 13.0 Å². The van der Waals surface area contributed by atoms with E-state index in [9.17, 15) is 4.79 Å². The number of hydrogen-bond donors (Lipinski definition) is 0. The number of pyridine rings is 1. The molecule has 0 N–H and O–H groups in total. The van der Waals surface area contributed by atoms with Gasteiger partial charge in [0.1, 0.15) is 5.65 Å². The Bertz CT molecular complexity index is 990. The van der Waals surface area contributed by atoms with E-state index in [-0.39, 0.29) is 11.6 Å². The molecule has 0 radical (unpaired) electrons. The largest absolute Gasteiger partial charge is 0.338 e. The molecule has 0 aliphatic carbocycles. The van der Waals surface area contributed by atoms with E-state index in [1.807, 2.05) is 18.2 Å². The summed E-state index contributed by atoms with van der Waals surface area (Å²) in [4.78, 5) is 26.1. The molecule has 0 unspecified atom stereocenters. The minimum atomic E-state index is -0.0351. The van der Waals surface area contributed by atoms with Crippen LogP contribution in [0.15, 0.2) is 39.8 Å². The van der Waals surface area contributed by atoms with Crippen LogP contribution in [0, 0.1) is 0 Å². The minimum absolute atomic E-state index is 0.0351. The third-order valence-electron chi connectivity index (χ3n) is 5.28. The molecular formula is C20H26N6O2. The molecule has 0 aromatic carbocycles. The first kappa shape index (κ1) is 18.8. The highest BCUT2D eigenvalue weighted by atomic mass is 16.5. The van der Waals surface area contributed by atoms with Crippen molar-refractivity contribution in [2.45, 2.75) is 39.3 Å². The Hall–Kier alpha value is -2.58. The van der Waals surface area contributed by atoms with Gasteiger partial charge in [-0.2, -0.15) is 4.98 Å². The second-order valence-electron chi connectivity index (χ2n) is 7.30. The van der Waals surface area contributed by atoms with Crippen LogP contribution >= 0.6 is 0 Å². The maximum atomic E-state index is 12.3. The molecule has 1 aliphatic rings. The minimum Gasteiger partial charge on any atom is -0.338 e. The Morgan fingerprint density at radius 3 is 2.79 bits per heavy atom. The first-order valence-corrected chi connectivity index (χ1v) is 9.90. The Morgan fingerprint density at radius 1 is 1.18 bits per heavy atom. The van der Waals surface area contributed by atoms with E-state index in [4.69, 9.17) is 4.52 Å². The molecule has 4 rings (SSSR count). The molecule has 148 valence electrons. The average Bonchev–Trinajstić information content (AvgIpc) is 3.17. The van der Waals surface area contributed by atoms with E-state index in [2.05, 4.69) is 38.8 Å². The molecule has 28 heavy (non-hydrogen) atoms. The van der Waals surface area contributed by atoms with E-state index in [1.165, 1.54) is 0 Å². The summed E-state index contributed by atoms with van der Waals surface area (Å²) >= 11 is 0. The fourth-order valence-electron chi connectivity index (χ4n) is 3.64. The van der Waals surface area contributed by atoms with Crippen molar-refractivity contribution in [3.63, 3.8) is 0 Å². The van der Waals surface area contributed by atoms with E-state index < -0.39 is 0 Å². The third-order valence-corrected chi connectivity index (χ3v) is 5.28. The summed E-state index contributed by atoms with van der Waals surface area (Å²) in [6, 6.07) is 7.35. The molecule has 1 aliphatic heterocycles. The van der Waals surface area contributed by atoms with E-state index in [0.717, 1.165) is 50.5 Å². The normalized spacial score (nSPS) is 17.2. The second-order valence-corrected chi connectivity index (χ2v) is 7.30. The van der Waals surface area contributed by atoms with Crippen molar-refractivity contribution in [3.8, 4) is 0 Å². The van der Waals surface area contributed by atoms with Gasteiger partial charge in [0.15, 0.2) is 5.82 Å². The molecule has 8 nitrogen and oxygen atoms in total. The first-order valence-electron chi connectivity index (χ1n) is 9.90. The van der Waals surface area contributed by atoms with Crippen LogP contribution in [0.5, 0.6) is 0 Å². The van der Waals surface area contributed by atoms with E-state index >= 15 is 0 Å². The van der Waals surface area contributed by atoms with Crippen LogP contribution in [0.1, 0.15) is 43.7 Å². The highest BCUT2D eigenvalue weighted by Crippen LogP contribution is 2.21. The third kappa shape index (κ3) is 3.98. The Morgan fingerprint density at radius 2 is 2.00 bits per heavy atom. The molecule has 4 heterocycles. The van der Waals surface area contributed by atoms with Gasteiger partial charge in [-0.3, -0.25) is 19.0 Å². The lowest BCUT2D eigenvalue weighted by Gasteiger charge is -2.36. The molecule has 0 saturated carbocycles. The van der Waals surface area contributed by atoms with Crippen molar-refractivity contribution in [3.05, 3.63) is 58.2 Å². The van der Waals surface area contributed by atoms with E-state index in [0.29, 0.717) is 18.1 Å². The Balaban J connectivity index is 1.37. The number of aromatic nitrogens is 4. The summed E-state index contributed by atoms with van der Waals surface area (Å²) in [6.45, 7) is 8.57. The van der Waals surface area contributed by atoms with Crippen molar-refractivity contribution >= 4 is 5.65 Å². The smallest absolute Gasteiger partial charge is 0.258 e. The summed E-state index contributed by atoms with van der Waals surface area (Å²) in [5.74, 6) is 1.48. The Kier molecular flexibility index (Phi) is 5.50. The zero-order chi connectivity index (χ0) is 19.5. The fraction of sp³-hybridized carbons (Fsp3) is 0.500. The lowest BCUT2D eigenvalue weighted by molar-refractivity contribution is 0.0839. The molecule has 3 aromatic rings. The predicted molar refractivity (Wildman–Crippen MR) is 105 cm³/mol. The van der Waals surface area contributed by atoms with E-state index in [1.54, 1.807) is 16.7 Å². The fourth-order valence-corrected chi connectivity index (χ4v) is 3.64. The van der Waals surface area contributed by atoms with Crippen molar-refractivity contribution in [2.75, 3.05) is 26.2 Å². The van der Waals surface area contributed by atoms with Crippen LogP contribution in [0.3, 0.4) is 0 Å². The predicted octanol–water partition coefficient (Wildman–Crippen LogP) is 1.91. The van der Waals surface area contributed by atoms with Gasteiger partial charge in [0.2, 0.25) is 5.89 Å². The highest BCUT2D eigenvalue weighted by Gasteiger charge is 2.26. The SMILES string of the molecule is CCCc1noc([C@@H](C)N2CCN(Cc3cc(=O)n4ccccc4n3)CC2)n1. The zero-order valence-corrected chi connectivity index (χ0v) is 16.4. The molecule has 0 spiro atoms. The number of aryl methyl sites for hydroxylation is 1. The van der Waals surface area contributed by atoms with Gasteiger partial charge >= 0.3 is 0 Å². The van der Waals surface area contributed by atoms with Gasteiger partial charge < -0.3 is 4.52 Å². The number of nitrogens with zero attached hydrogens (tertiary/aromatic N) is 6. The molecule has 1 fully saturated rings. The number of fused-ring (bicyclic) bond motifs is 1. The van der Waals surface area contributed by atoms with Crippen molar-refractivity contribution in [1.29, 1.82) is 0 Å². The number of piperazine rings is 1. The van der Waals surface area contributed by atoms with Crippen LogP contribution < -0.4 is 5.56 Å². The van der Waals surface area contributed by atoms with Gasteiger partial charge in [-0.25, -0.2) is 4.98 Å². The monoisotopic (exact) mass is 382 g/mol. The van der Waals surface area contributed by atoms with Crippen LogP contribution in [-0.4, -0.2) is 55.5 Å². The van der Waals surface area contributed by atoms with Crippen molar-refractivity contribution in [2.24, 2.45) is 0 Å². The molecule has 0 amide bonds. The molecule has 1 saturated heterocycles. The number of hydrogen-bond acceptors (Lipinski definition) is 7. The maximum Gasteiger partial charge on any atom is 0.258 e. The summed E-state index contributed by atoms with van der Waals surface area (Å²) in [7, 11) is 0. The molecule has 3 aromatic heterocycles. The highest BCUT2D eigenvalue weighted by molar-refractivity contribution is 5.37. The lowest BCUT2D eigenvalue weighted by atomic mass is 10.2. The van der Waals surface area contributed by atoms with Crippen LogP contribution in [0.2, 0.25) is 0 Å². The van der Waals surface area contributed by atoms with Gasteiger partial charge in [-0.1, -0.05) is 18.1 Å². The summed E-state index contributed by atoms with van der Waals surface area (Å²) < 4.78 is 7.02. The molecule has 0 bridgehead atoms. The topological polar surface area (TPSA) is 79.8 Å². The molecular weight excluding hydrogens is 356 g/mol. The van der Waals surface area contributed by atoms with Crippen LogP contribution in [0.4, 0.5) is 0 Å². The van der Waals surface area contributed by atoms with Gasteiger partial charge in [0, 0.05) is 51.4 Å². The maximum absolute atomic E-state index is 12.3. The van der Waals surface area contributed by atoms with Gasteiger partial charge in [0.05, 0.1) is 11.7 Å². The van der Waals surface area contributed by atoms with Crippen molar-refractivity contribution in [1.82, 2.24) is 29.3 Å². The van der Waals surface area contributed by atoms with Crippen molar-refractivity contribution < 1.29 is 4.52 Å². The molecule has 8 heteroatoms. The number of rotatable bonds is 6. The standard InChI is InChI=1S/C20H26N6O2/c1-3-6-17-22-20(28-23-17)15(2)25-11-9-24(10-12-25)14-16-13-19(27)26-8-5-4-7-18(26)21-16/h4-5,7-8,13,15H,3,6,9-12,14H2,1-2H3/t15-/m1/s1. The first-order chi connectivity index (χ1) is 13.6. The summed E-state index contributed by atoms with van der Waals surface area (Å²) in [5, 5.41) is 4.06. The zero-order valence-electron chi connectivity index (χ0n) is 16.4. The second kappa shape index (κ2) is 8.20. The Labute approximate surface area is 163 Å². The lowest BCUT2D eigenvalue weighted by Crippen LogP contribution is -2.46.